The molecule has 0 spiro atoms. The molecule has 0 bridgehead atoms. The quantitative estimate of drug-likeness (QED) is 0.356. The predicted molar refractivity (Wildman–Crippen MR) is 97.2 cm³/mol. The van der Waals surface area contributed by atoms with E-state index in [1.54, 1.807) is 40.9 Å². The summed E-state index contributed by atoms with van der Waals surface area (Å²) in [5.41, 5.74) is 2.15. The molecule has 0 unspecified atom stereocenters. The Hall–Kier alpha value is -1.11. The average molecular weight is 363 g/mol. The number of thiophene rings is 1. The third kappa shape index (κ3) is 2.88. The van der Waals surface area contributed by atoms with Gasteiger partial charge in [0.15, 0.2) is 5.16 Å². The normalized spacial score (nSPS) is 13.7. The molecule has 0 amide bonds. The van der Waals surface area contributed by atoms with Crippen LogP contribution in [0.15, 0.2) is 34.4 Å². The maximum absolute atomic E-state index is 13.9. The second kappa shape index (κ2) is 6.42. The van der Waals surface area contributed by atoms with Crippen LogP contribution in [-0.4, -0.2) is 16.2 Å². The van der Waals surface area contributed by atoms with Crippen LogP contribution in [0.5, 0.6) is 0 Å². The Balaban J connectivity index is 1.74. The van der Waals surface area contributed by atoms with Gasteiger partial charge in [-0.1, -0.05) is 30.0 Å². The van der Waals surface area contributed by atoms with E-state index < -0.39 is 0 Å². The minimum Gasteiger partial charge on any atom is -0.215 e. The van der Waals surface area contributed by atoms with Gasteiger partial charge in [-0.15, -0.1) is 23.1 Å². The third-order valence-electron chi connectivity index (χ3n) is 4.02. The summed E-state index contributed by atoms with van der Waals surface area (Å²) < 4.78 is 13.9. The molecular formula is C17H15FN2S3. The molecule has 2 nitrogen and oxygen atoms in total. The van der Waals surface area contributed by atoms with E-state index in [0.717, 1.165) is 33.4 Å². The summed E-state index contributed by atoms with van der Waals surface area (Å²) in [6, 6.07) is 6.96. The maximum atomic E-state index is 13.9. The van der Waals surface area contributed by atoms with E-state index >= 15 is 0 Å². The van der Waals surface area contributed by atoms with E-state index in [1.165, 1.54) is 28.3 Å². The molecule has 2 aromatic heterocycles. The van der Waals surface area contributed by atoms with Crippen molar-refractivity contribution >= 4 is 45.1 Å². The smallest absolute Gasteiger partial charge is 0.189 e. The van der Waals surface area contributed by atoms with Crippen LogP contribution in [0, 0.1) is 5.82 Å². The molecule has 1 aromatic carbocycles. The molecule has 0 radical (unpaired) electrons. The fourth-order valence-electron chi connectivity index (χ4n) is 2.90. The number of rotatable bonds is 4. The first-order chi connectivity index (χ1) is 11.3. The minimum atomic E-state index is -0.147. The lowest BCUT2D eigenvalue weighted by molar-refractivity contribution is 0.617. The van der Waals surface area contributed by atoms with Crippen molar-refractivity contribution in [3.8, 4) is 0 Å². The van der Waals surface area contributed by atoms with Crippen LogP contribution in [0.2, 0.25) is 0 Å². The Morgan fingerprint density at radius 3 is 2.91 bits per heavy atom. The summed E-state index contributed by atoms with van der Waals surface area (Å²) >= 11 is 4.98. The van der Waals surface area contributed by atoms with Crippen molar-refractivity contribution in [1.82, 2.24) is 9.97 Å². The number of benzene rings is 1. The first kappa shape index (κ1) is 15.4. The second-order valence-electron chi connectivity index (χ2n) is 5.43. The lowest BCUT2D eigenvalue weighted by Crippen LogP contribution is -1.93. The van der Waals surface area contributed by atoms with Gasteiger partial charge in [-0.25, -0.2) is 14.4 Å². The summed E-state index contributed by atoms with van der Waals surface area (Å²) in [5, 5.41) is 3.01. The number of aromatic nitrogens is 2. The highest BCUT2D eigenvalue weighted by Gasteiger charge is 2.22. The number of hydrogen-bond donors (Lipinski definition) is 0. The Bertz CT molecular complexity index is 876. The van der Waals surface area contributed by atoms with Crippen molar-refractivity contribution in [3.63, 3.8) is 0 Å². The zero-order valence-corrected chi connectivity index (χ0v) is 15.1. The van der Waals surface area contributed by atoms with Gasteiger partial charge < -0.3 is 0 Å². The summed E-state index contributed by atoms with van der Waals surface area (Å²) in [6.45, 7) is 0. The molecule has 0 atom stereocenters. The van der Waals surface area contributed by atoms with Gasteiger partial charge in [0.05, 0.1) is 0 Å². The van der Waals surface area contributed by atoms with Crippen molar-refractivity contribution < 1.29 is 4.39 Å². The molecule has 1 aliphatic carbocycles. The van der Waals surface area contributed by atoms with Gasteiger partial charge >= 0.3 is 0 Å². The SMILES string of the molecule is CSc1nc(SCc2ccccc2F)c2c3c(sc2n1)CCC3. The van der Waals surface area contributed by atoms with Gasteiger partial charge in [0, 0.05) is 16.0 Å². The zero-order valence-electron chi connectivity index (χ0n) is 12.6. The van der Waals surface area contributed by atoms with Crippen LogP contribution in [0.3, 0.4) is 0 Å². The van der Waals surface area contributed by atoms with Gasteiger partial charge in [0.1, 0.15) is 15.7 Å². The van der Waals surface area contributed by atoms with Gasteiger partial charge in [0.25, 0.3) is 0 Å². The first-order valence-corrected chi connectivity index (χ1v) is 10.5. The van der Waals surface area contributed by atoms with E-state index in [0.29, 0.717) is 5.75 Å². The molecule has 4 rings (SSSR count). The molecule has 0 saturated carbocycles. The Morgan fingerprint density at radius 2 is 2.09 bits per heavy atom. The molecule has 3 aromatic rings. The average Bonchev–Trinajstić information content (AvgIpc) is 3.14. The summed E-state index contributed by atoms with van der Waals surface area (Å²) in [5.74, 6) is 0.447. The number of nitrogens with zero attached hydrogens (tertiary/aromatic N) is 2. The van der Waals surface area contributed by atoms with Crippen molar-refractivity contribution in [2.24, 2.45) is 0 Å². The van der Waals surface area contributed by atoms with Gasteiger partial charge in [-0.05, 0) is 42.7 Å². The molecule has 0 N–H and O–H groups in total. The molecule has 0 saturated heterocycles. The molecule has 6 heteroatoms. The van der Waals surface area contributed by atoms with Crippen LogP contribution in [-0.2, 0) is 18.6 Å². The fourth-order valence-corrected chi connectivity index (χ4v) is 5.75. The molecule has 0 fully saturated rings. The Morgan fingerprint density at radius 1 is 1.22 bits per heavy atom. The van der Waals surface area contributed by atoms with Gasteiger partial charge in [-0.2, -0.15) is 0 Å². The zero-order chi connectivity index (χ0) is 15.8. The van der Waals surface area contributed by atoms with E-state index in [-0.39, 0.29) is 5.82 Å². The number of halogens is 1. The van der Waals surface area contributed by atoms with Crippen molar-refractivity contribution in [3.05, 3.63) is 46.1 Å². The predicted octanol–water partition coefficient (Wildman–Crippen LogP) is 5.33. The molecule has 1 aliphatic rings. The van der Waals surface area contributed by atoms with Crippen LogP contribution < -0.4 is 0 Å². The highest BCUT2D eigenvalue weighted by molar-refractivity contribution is 7.99. The molecule has 118 valence electrons. The van der Waals surface area contributed by atoms with Crippen LogP contribution in [0.1, 0.15) is 22.4 Å². The number of thioether (sulfide) groups is 2. The second-order valence-corrected chi connectivity index (χ2v) is 8.25. The molecule has 23 heavy (non-hydrogen) atoms. The largest absolute Gasteiger partial charge is 0.215 e. The van der Waals surface area contributed by atoms with E-state index in [4.69, 9.17) is 4.98 Å². The Kier molecular flexibility index (Phi) is 4.30. The van der Waals surface area contributed by atoms with Crippen molar-refractivity contribution in [2.45, 2.75) is 35.2 Å². The lowest BCUT2D eigenvalue weighted by Gasteiger charge is -2.07. The van der Waals surface area contributed by atoms with Crippen molar-refractivity contribution in [2.75, 3.05) is 6.26 Å². The lowest BCUT2D eigenvalue weighted by atomic mass is 10.2. The first-order valence-electron chi connectivity index (χ1n) is 7.48. The monoisotopic (exact) mass is 362 g/mol. The minimum absolute atomic E-state index is 0.147. The van der Waals surface area contributed by atoms with Crippen LogP contribution >= 0.6 is 34.9 Å². The topological polar surface area (TPSA) is 25.8 Å². The maximum Gasteiger partial charge on any atom is 0.189 e. The fraction of sp³-hybridized carbons (Fsp3) is 0.294. The van der Waals surface area contributed by atoms with E-state index in [2.05, 4.69) is 4.98 Å². The number of aryl methyl sites for hydroxylation is 2. The number of hydrogen-bond acceptors (Lipinski definition) is 5. The van der Waals surface area contributed by atoms with E-state index in [9.17, 15) is 4.39 Å². The standard InChI is InChI=1S/C17H15FN2S3/c1-21-17-19-15(22-9-10-5-2-3-7-12(10)18)14-11-6-4-8-13(11)23-16(14)20-17/h2-3,5,7H,4,6,8-9H2,1H3. The summed E-state index contributed by atoms with van der Waals surface area (Å²) in [6.07, 6.45) is 5.49. The highest BCUT2D eigenvalue weighted by atomic mass is 32.2. The third-order valence-corrected chi connectivity index (χ3v) is 6.77. The van der Waals surface area contributed by atoms with Gasteiger partial charge in [-0.3, -0.25) is 0 Å². The summed E-state index contributed by atoms with van der Waals surface area (Å²) in [7, 11) is 0. The van der Waals surface area contributed by atoms with Crippen LogP contribution in [0.4, 0.5) is 4.39 Å². The van der Waals surface area contributed by atoms with Gasteiger partial charge in [0.2, 0.25) is 0 Å². The Labute approximate surface area is 146 Å². The van der Waals surface area contributed by atoms with Crippen LogP contribution in [0.25, 0.3) is 10.2 Å². The molecular weight excluding hydrogens is 347 g/mol. The van der Waals surface area contributed by atoms with E-state index in [1.807, 2.05) is 18.4 Å². The van der Waals surface area contributed by atoms with Crippen molar-refractivity contribution in [1.29, 1.82) is 0 Å². The summed E-state index contributed by atoms with van der Waals surface area (Å²) in [4.78, 5) is 11.9. The highest BCUT2D eigenvalue weighted by Crippen LogP contribution is 2.41. The number of fused-ring (bicyclic) bond motifs is 3. The molecule has 2 heterocycles. The molecule has 0 aliphatic heterocycles.